The molecule has 20 heavy (non-hydrogen) atoms. The number of piperazine rings is 1. The molecular weight excluding hydrogens is 252 g/mol. The third-order valence-corrected chi connectivity index (χ3v) is 5.34. The van der Waals surface area contributed by atoms with Crippen LogP contribution in [0.5, 0.6) is 0 Å². The van der Waals surface area contributed by atoms with Gasteiger partial charge in [-0.1, -0.05) is 0 Å². The van der Waals surface area contributed by atoms with Gasteiger partial charge in [0.1, 0.15) is 0 Å². The van der Waals surface area contributed by atoms with Crippen LogP contribution in [-0.2, 0) is 4.79 Å². The predicted molar refractivity (Wildman–Crippen MR) is 79.7 cm³/mol. The first-order valence-corrected chi connectivity index (χ1v) is 8.12. The molecule has 0 spiro atoms. The van der Waals surface area contributed by atoms with Gasteiger partial charge in [0, 0.05) is 44.8 Å². The molecule has 0 aliphatic carbocycles. The first kappa shape index (κ1) is 14.3. The van der Waals surface area contributed by atoms with E-state index in [1.165, 1.54) is 12.8 Å². The van der Waals surface area contributed by atoms with Gasteiger partial charge in [-0.2, -0.15) is 0 Å². The summed E-state index contributed by atoms with van der Waals surface area (Å²) in [6.45, 7) is 8.17. The molecule has 0 aromatic heterocycles. The minimum absolute atomic E-state index is 0.150. The molecule has 5 heteroatoms. The van der Waals surface area contributed by atoms with E-state index in [0.29, 0.717) is 18.0 Å². The zero-order valence-electron chi connectivity index (χ0n) is 12.8. The van der Waals surface area contributed by atoms with Gasteiger partial charge in [-0.05, 0) is 39.8 Å². The molecule has 3 fully saturated rings. The Kier molecular flexibility index (Phi) is 4.29. The standard InChI is InChI=1S/C15H28N4O/c1-12-10-13(11-17(12)2)19-7-3-4-14(19)15(20)18-8-5-16-6-9-18/h12-14,16H,3-11H2,1-2H3. The zero-order valence-corrected chi connectivity index (χ0v) is 12.8. The van der Waals surface area contributed by atoms with E-state index in [2.05, 4.69) is 34.0 Å². The Morgan fingerprint density at radius 1 is 1.20 bits per heavy atom. The molecule has 3 unspecified atom stereocenters. The van der Waals surface area contributed by atoms with Gasteiger partial charge in [0.15, 0.2) is 0 Å². The van der Waals surface area contributed by atoms with Gasteiger partial charge < -0.3 is 15.1 Å². The minimum Gasteiger partial charge on any atom is -0.339 e. The van der Waals surface area contributed by atoms with Crippen LogP contribution >= 0.6 is 0 Å². The average molecular weight is 280 g/mol. The smallest absolute Gasteiger partial charge is 0.240 e. The second kappa shape index (κ2) is 6.00. The fourth-order valence-corrected chi connectivity index (χ4v) is 3.99. The van der Waals surface area contributed by atoms with E-state index in [1.54, 1.807) is 0 Å². The number of likely N-dealkylation sites (tertiary alicyclic amines) is 2. The molecule has 3 saturated heterocycles. The maximum atomic E-state index is 12.8. The van der Waals surface area contributed by atoms with Crippen molar-refractivity contribution in [2.75, 3.05) is 46.3 Å². The molecule has 0 radical (unpaired) electrons. The number of nitrogens with one attached hydrogen (secondary N) is 1. The summed E-state index contributed by atoms with van der Waals surface area (Å²) in [5.41, 5.74) is 0. The SMILES string of the molecule is CC1CC(N2CCCC2C(=O)N2CCNCC2)CN1C. The van der Waals surface area contributed by atoms with Crippen LogP contribution in [0, 0.1) is 0 Å². The third kappa shape index (κ3) is 2.71. The second-order valence-corrected chi connectivity index (χ2v) is 6.65. The van der Waals surface area contributed by atoms with Crippen molar-refractivity contribution >= 4 is 5.91 Å². The van der Waals surface area contributed by atoms with E-state index < -0.39 is 0 Å². The topological polar surface area (TPSA) is 38.8 Å². The lowest BCUT2D eigenvalue weighted by atomic mass is 10.1. The van der Waals surface area contributed by atoms with Crippen LogP contribution in [0.25, 0.3) is 0 Å². The number of likely N-dealkylation sites (N-methyl/N-ethyl adjacent to an activating group) is 1. The van der Waals surface area contributed by atoms with Gasteiger partial charge in [-0.15, -0.1) is 0 Å². The molecule has 3 atom stereocenters. The summed E-state index contributed by atoms with van der Waals surface area (Å²) in [7, 11) is 2.20. The largest absolute Gasteiger partial charge is 0.339 e. The van der Waals surface area contributed by atoms with Gasteiger partial charge >= 0.3 is 0 Å². The van der Waals surface area contributed by atoms with E-state index in [1.807, 2.05) is 0 Å². The fraction of sp³-hybridized carbons (Fsp3) is 0.933. The summed E-state index contributed by atoms with van der Waals surface area (Å²) in [4.78, 5) is 19.8. The van der Waals surface area contributed by atoms with Crippen molar-refractivity contribution in [1.82, 2.24) is 20.0 Å². The van der Waals surface area contributed by atoms with Gasteiger partial charge in [0.25, 0.3) is 0 Å². The number of carbonyl (C=O) groups excluding carboxylic acids is 1. The van der Waals surface area contributed by atoms with Crippen LogP contribution in [0.15, 0.2) is 0 Å². The molecule has 3 rings (SSSR count). The van der Waals surface area contributed by atoms with Gasteiger partial charge in [0.2, 0.25) is 5.91 Å². The highest BCUT2D eigenvalue weighted by molar-refractivity contribution is 5.82. The Hall–Kier alpha value is -0.650. The summed E-state index contributed by atoms with van der Waals surface area (Å²) in [6, 6.07) is 1.38. The predicted octanol–water partition coefficient (Wildman–Crippen LogP) is -0.0248. The van der Waals surface area contributed by atoms with Crippen molar-refractivity contribution in [1.29, 1.82) is 0 Å². The second-order valence-electron chi connectivity index (χ2n) is 6.65. The number of amides is 1. The molecule has 1 N–H and O–H groups in total. The minimum atomic E-state index is 0.150. The molecule has 3 aliphatic rings. The number of nitrogens with zero attached hydrogens (tertiary/aromatic N) is 3. The molecular formula is C15H28N4O. The Balaban J connectivity index is 1.64. The maximum absolute atomic E-state index is 12.8. The molecule has 0 aromatic rings. The van der Waals surface area contributed by atoms with Crippen LogP contribution in [0.4, 0.5) is 0 Å². The highest BCUT2D eigenvalue weighted by atomic mass is 16.2. The van der Waals surface area contributed by atoms with Crippen molar-refractivity contribution in [3.8, 4) is 0 Å². The molecule has 114 valence electrons. The lowest BCUT2D eigenvalue weighted by Gasteiger charge is -2.35. The highest BCUT2D eigenvalue weighted by Crippen LogP contribution is 2.28. The molecule has 5 nitrogen and oxygen atoms in total. The molecule has 0 aromatic carbocycles. The fourth-order valence-electron chi connectivity index (χ4n) is 3.99. The lowest BCUT2D eigenvalue weighted by molar-refractivity contribution is -0.137. The van der Waals surface area contributed by atoms with Crippen molar-refractivity contribution in [2.24, 2.45) is 0 Å². The van der Waals surface area contributed by atoms with Crippen LogP contribution in [0.1, 0.15) is 26.2 Å². The number of hydrogen-bond donors (Lipinski definition) is 1. The Morgan fingerprint density at radius 2 is 1.95 bits per heavy atom. The molecule has 3 heterocycles. The highest BCUT2D eigenvalue weighted by Gasteiger charge is 2.40. The van der Waals surface area contributed by atoms with E-state index in [9.17, 15) is 4.79 Å². The van der Waals surface area contributed by atoms with E-state index >= 15 is 0 Å². The number of carbonyl (C=O) groups is 1. The van der Waals surface area contributed by atoms with Gasteiger partial charge in [-0.3, -0.25) is 9.69 Å². The average Bonchev–Trinajstić information content (AvgIpc) is 3.06. The van der Waals surface area contributed by atoms with Gasteiger partial charge in [0.05, 0.1) is 6.04 Å². The van der Waals surface area contributed by atoms with Crippen LogP contribution in [0.2, 0.25) is 0 Å². The maximum Gasteiger partial charge on any atom is 0.240 e. The van der Waals surface area contributed by atoms with Crippen LogP contribution in [-0.4, -0.2) is 85.0 Å². The Labute approximate surface area is 122 Å². The van der Waals surface area contributed by atoms with Crippen LogP contribution < -0.4 is 5.32 Å². The first-order valence-electron chi connectivity index (χ1n) is 8.12. The quantitative estimate of drug-likeness (QED) is 0.771. The number of hydrogen-bond acceptors (Lipinski definition) is 4. The summed E-state index contributed by atoms with van der Waals surface area (Å²) >= 11 is 0. The normalized spacial score (nSPS) is 36.7. The summed E-state index contributed by atoms with van der Waals surface area (Å²) in [6.07, 6.45) is 3.44. The Morgan fingerprint density at radius 3 is 2.60 bits per heavy atom. The summed E-state index contributed by atoms with van der Waals surface area (Å²) in [5.74, 6) is 0.381. The third-order valence-electron chi connectivity index (χ3n) is 5.34. The lowest BCUT2D eigenvalue weighted by Crippen LogP contribution is -2.54. The van der Waals surface area contributed by atoms with Gasteiger partial charge in [-0.25, -0.2) is 0 Å². The summed E-state index contributed by atoms with van der Waals surface area (Å²) in [5, 5.41) is 3.32. The monoisotopic (exact) mass is 280 g/mol. The molecule has 1 amide bonds. The zero-order chi connectivity index (χ0) is 14.1. The first-order chi connectivity index (χ1) is 9.66. The van der Waals surface area contributed by atoms with Crippen molar-refractivity contribution in [2.45, 2.75) is 44.3 Å². The van der Waals surface area contributed by atoms with E-state index in [-0.39, 0.29) is 6.04 Å². The van der Waals surface area contributed by atoms with E-state index in [0.717, 1.165) is 45.7 Å². The number of rotatable bonds is 2. The molecule has 3 aliphatic heterocycles. The summed E-state index contributed by atoms with van der Waals surface area (Å²) < 4.78 is 0. The van der Waals surface area contributed by atoms with E-state index in [4.69, 9.17) is 0 Å². The Bertz CT molecular complexity index is 346. The molecule has 0 bridgehead atoms. The van der Waals surface area contributed by atoms with Crippen molar-refractivity contribution in [3.05, 3.63) is 0 Å². The van der Waals surface area contributed by atoms with Crippen molar-refractivity contribution < 1.29 is 4.79 Å². The molecule has 0 saturated carbocycles. The van der Waals surface area contributed by atoms with Crippen molar-refractivity contribution in [3.63, 3.8) is 0 Å². The van der Waals surface area contributed by atoms with Crippen LogP contribution in [0.3, 0.4) is 0 Å².